The Labute approximate surface area is 120 Å². The highest BCUT2D eigenvalue weighted by molar-refractivity contribution is 5.21. The van der Waals surface area contributed by atoms with Gasteiger partial charge in [0.15, 0.2) is 0 Å². The predicted octanol–water partition coefficient (Wildman–Crippen LogP) is 3.82. The van der Waals surface area contributed by atoms with Crippen molar-refractivity contribution in [2.45, 2.75) is 57.7 Å². The Hall–Kier alpha value is -0.930. The van der Waals surface area contributed by atoms with Crippen LogP contribution in [-0.2, 0) is 4.74 Å². The van der Waals surface area contributed by atoms with Crippen molar-refractivity contribution in [1.29, 1.82) is 0 Å². The SMILES string of the molecule is CCOC1CC(N[C@H](C)c2ccc(F)cc2)C12CCC2. The Bertz CT molecular complexity index is 455. The van der Waals surface area contributed by atoms with E-state index >= 15 is 0 Å². The van der Waals surface area contributed by atoms with Crippen LogP contribution in [0.4, 0.5) is 4.39 Å². The topological polar surface area (TPSA) is 21.3 Å². The van der Waals surface area contributed by atoms with Gasteiger partial charge in [-0.2, -0.15) is 0 Å². The molecule has 2 aliphatic carbocycles. The van der Waals surface area contributed by atoms with Gasteiger partial charge in [-0.25, -0.2) is 4.39 Å². The van der Waals surface area contributed by atoms with E-state index < -0.39 is 0 Å². The van der Waals surface area contributed by atoms with E-state index in [2.05, 4.69) is 19.2 Å². The Morgan fingerprint density at radius 2 is 2.05 bits per heavy atom. The summed E-state index contributed by atoms with van der Waals surface area (Å²) in [7, 11) is 0. The third-order valence-electron chi connectivity index (χ3n) is 5.26. The first-order chi connectivity index (χ1) is 9.65. The van der Waals surface area contributed by atoms with E-state index in [0.717, 1.165) is 18.6 Å². The third-order valence-corrected chi connectivity index (χ3v) is 5.26. The molecule has 2 aliphatic rings. The number of nitrogens with one attached hydrogen (secondary N) is 1. The summed E-state index contributed by atoms with van der Waals surface area (Å²) in [5, 5.41) is 3.73. The molecule has 3 atom stereocenters. The van der Waals surface area contributed by atoms with Crippen molar-refractivity contribution in [2.24, 2.45) is 5.41 Å². The quantitative estimate of drug-likeness (QED) is 0.883. The lowest BCUT2D eigenvalue weighted by molar-refractivity contribution is -0.174. The molecule has 0 saturated heterocycles. The molecular formula is C17H24FNO. The maximum atomic E-state index is 13.0. The molecule has 3 heteroatoms. The van der Waals surface area contributed by atoms with Crippen molar-refractivity contribution in [1.82, 2.24) is 5.32 Å². The highest BCUT2D eigenvalue weighted by Gasteiger charge is 2.58. The lowest BCUT2D eigenvalue weighted by atomic mass is 9.51. The van der Waals surface area contributed by atoms with Gasteiger partial charge in [0, 0.05) is 24.1 Å². The number of benzene rings is 1. The summed E-state index contributed by atoms with van der Waals surface area (Å²) >= 11 is 0. The molecule has 2 fully saturated rings. The van der Waals surface area contributed by atoms with Crippen LogP contribution < -0.4 is 5.32 Å². The first-order valence-corrected chi connectivity index (χ1v) is 7.79. The predicted molar refractivity (Wildman–Crippen MR) is 78.1 cm³/mol. The molecule has 0 aromatic heterocycles. The fourth-order valence-corrected chi connectivity index (χ4v) is 3.82. The van der Waals surface area contributed by atoms with Crippen molar-refractivity contribution >= 4 is 0 Å². The van der Waals surface area contributed by atoms with Gasteiger partial charge in [-0.3, -0.25) is 0 Å². The Morgan fingerprint density at radius 3 is 2.60 bits per heavy atom. The van der Waals surface area contributed by atoms with Crippen molar-refractivity contribution in [3.63, 3.8) is 0 Å². The summed E-state index contributed by atoms with van der Waals surface area (Å²) in [6.07, 6.45) is 5.45. The van der Waals surface area contributed by atoms with E-state index in [1.165, 1.54) is 31.4 Å². The van der Waals surface area contributed by atoms with Crippen molar-refractivity contribution < 1.29 is 9.13 Å². The zero-order valence-electron chi connectivity index (χ0n) is 12.4. The molecule has 0 radical (unpaired) electrons. The highest BCUT2D eigenvalue weighted by Crippen LogP contribution is 2.57. The van der Waals surface area contributed by atoms with E-state index in [1.54, 1.807) is 0 Å². The number of rotatable bonds is 5. The van der Waals surface area contributed by atoms with E-state index in [0.29, 0.717) is 17.6 Å². The average molecular weight is 277 g/mol. The molecule has 2 nitrogen and oxygen atoms in total. The zero-order valence-corrected chi connectivity index (χ0v) is 12.4. The van der Waals surface area contributed by atoms with Crippen LogP contribution in [0.5, 0.6) is 0 Å². The smallest absolute Gasteiger partial charge is 0.123 e. The molecule has 1 aromatic rings. The monoisotopic (exact) mass is 277 g/mol. The summed E-state index contributed by atoms with van der Waals surface area (Å²) in [5.41, 5.74) is 1.53. The van der Waals surface area contributed by atoms with Gasteiger partial charge in [0.25, 0.3) is 0 Å². The Morgan fingerprint density at radius 1 is 1.35 bits per heavy atom. The van der Waals surface area contributed by atoms with Crippen LogP contribution in [0.15, 0.2) is 24.3 Å². The van der Waals surface area contributed by atoms with Crippen LogP contribution in [-0.4, -0.2) is 18.8 Å². The van der Waals surface area contributed by atoms with Crippen LogP contribution in [0.3, 0.4) is 0 Å². The number of ether oxygens (including phenoxy) is 1. The average Bonchev–Trinajstić information content (AvgIpc) is 2.36. The first-order valence-electron chi connectivity index (χ1n) is 7.79. The number of hydrogen-bond acceptors (Lipinski definition) is 2. The van der Waals surface area contributed by atoms with Gasteiger partial charge in [0.05, 0.1) is 6.10 Å². The summed E-state index contributed by atoms with van der Waals surface area (Å²) in [6, 6.07) is 7.64. The molecule has 1 aromatic carbocycles. The van der Waals surface area contributed by atoms with Crippen molar-refractivity contribution in [3.05, 3.63) is 35.6 Å². The van der Waals surface area contributed by atoms with Crippen molar-refractivity contribution in [2.75, 3.05) is 6.61 Å². The number of hydrogen-bond donors (Lipinski definition) is 1. The number of halogens is 1. The summed E-state index contributed by atoms with van der Waals surface area (Å²) < 4.78 is 18.9. The van der Waals surface area contributed by atoms with Gasteiger partial charge < -0.3 is 10.1 Å². The lowest BCUT2D eigenvalue weighted by Gasteiger charge is -2.61. The highest BCUT2D eigenvalue weighted by atomic mass is 19.1. The third kappa shape index (κ3) is 2.27. The minimum Gasteiger partial charge on any atom is -0.378 e. The molecule has 2 saturated carbocycles. The summed E-state index contributed by atoms with van der Waals surface area (Å²) in [6.45, 7) is 5.05. The maximum absolute atomic E-state index is 13.0. The fraction of sp³-hybridized carbons (Fsp3) is 0.647. The molecule has 2 unspecified atom stereocenters. The van der Waals surface area contributed by atoms with Crippen LogP contribution in [0.2, 0.25) is 0 Å². The van der Waals surface area contributed by atoms with E-state index in [9.17, 15) is 4.39 Å². The molecule has 1 N–H and O–H groups in total. The van der Waals surface area contributed by atoms with E-state index in [-0.39, 0.29) is 11.9 Å². The molecule has 20 heavy (non-hydrogen) atoms. The zero-order chi connectivity index (χ0) is 14.2. The Kier molecular flexibility index (Phi) is 3.83. The van der Waals surface area contributed by atoms with Gasteiger partial charge in [0.2, 0.25) is 0 Å². The molecule has 0 heterocycles. The molecular weight excluding hydrogens is 253 g/mol. The molecule has 0 aliphatic heterocycles. The Balaban J connectivity index is 1.62. The minimum atomic E-state index is -0.170. The van der Waals surface area contributed by atoms with Gasteiger partial charge in [-0.05, 0) is 50.8 Å². The van der Waals surface area contributed by atoms with Gasteiger partial charge in [0.1, 0.15) is 5.82 Å². The standard InChI is InChI=1S/C17H24FNO/c1-3-20-16-11-15(17(16)9-4-10-17)19-12(2)13-5-7-14(18)8-6-13/h5-8,12,15-16,19H,3-4,9-11H2,1-2H3/t12-,15?,16?/m1/s1. The lowest BCUT2D eigenvalue weighted by Crippen LogP contribution is -2.67. The molecule has 1 spiro atoms. The van der Waals surface area contributed by atoms with Crippen LogP contribution >= 0.6 is 0 Å². The fourth-order valence-electron chi connectivity index (χ4n) is 3.82. The first kappa shape index (κ1) is 14.0. The van der Waals surface area contributed by atoms with Crippen LogP contribution in [0.1, 0.15) is 51.1 Å². The van der Waals surface area contributed by atoms with Gasteiger partial charge in [-0.1, -0.05) is 18.6 Å². The summed E-state index contributed by atoms with van der Waals surface area (Å²) in [5.74, 6) is -0.170. The van der Waals surface area contributed by atoms with Crippen LogP contribution in [0.25, 0.3) is 0 Å². The van der Waals surface area contributed by atoms with Gasteiger partial charge >= 0.3 is 0 Å². The second-order valence-corrected chi connectivity index (χ2v) is 6.26. The second-order valence-electron chi connectivity index (χ2n) is 6.26. The van der Waals surface area contributed by atoms with E-state index in [1.807, 2.05) is 12.1 Å². The van der Waals surface area contributed by atoms with E-state index in [4.69, 9.17) is 4.74 Å². The molecule has 0 bridgehead atoms. The minimum absolute atomic E-state index is 0.170. The maximum Gasteiger partial charge on any atom is 0.123 e. The molecule has 3 rings (SSSR count). The van der Waals surface area contributed by atoms with Crippen molar-refractivity contribution in [3.8, 4) is 0 Å². The summed E-state index contributed by atoms with van der Waals surface area (Å²) in [4.78, 5) is 0. The molecule has 110 valence electrons. The normalized spacial score (nSPS) is 28.8. The van der Waals surface area contributed by atoms with Crippen LogP contribution in [0, 0.1) is 11.2 Å². The largest absolute Gasteiger partial charge is 0.378 e. The second kappa shape index (κ2) is 5.45. The molecule has 0 amide bonds. The van der Waals surface area contributed by atoms with Gasteiger partial charge in [-0.15, -0.1) is 0 Å².